The number of hydrogen-bond acceptors (Lipinski definition) is 2. The third-order valence-electron chi connectivity index (χ3n) is 3.34. The SMILES string of the molecule is Cc1cc(Br)c(NC(=O)C2(C)CCNC2)c(Br)c1. The van der Waals surface area contributed by atoms with E-state index < -0.39 is 0 Å². The molecule has 0 bridgehead atoms. The summed E-state index contributed by atoms with van der Waals surface area (Å²) in [5.41, 5.74) is 1.63. The van der Waals surface area contributed by atoms with Crippen LogP contribution in [0.3, 0.4) is 0 Å². The summed E-state index contributed by atoms with van der Waals surface area (Å²) in [7, 11) is 0. The van der Waals surface area contributed by atoms with Crippen molar-refractivity contribution < 1.29 is 4.79 Å². The van der Waals surface area contributed by atoms with Crippen molar-refractivity contribution in [2.24, 2.45) is 5.41 Å². The third kappa shape index (κ3) is 2.78. The molecule has 1 fully saturated rings. The zero-order valence-corrected chi connectivity index (χ0v) is 13.6. The number of rotatable bonds is 2. The molecular weight excluding hydrogens is 360 g/mol. The van der Waals surface area contributed by atoms with Crippen molar-refractivity contribution in [1.82, 2.24) is 5.32 Å². The second-order valence-corrected chi connectivity index (χ2v) is 6.75. The first-order valence-electron chi connectivity index (χ1n) is 5.90. The van der Waals surface area contributed by atoms with Gasteiger partial charge in [0.15, 0.2) is 0 Å². The van der Waals surface area contributed by atoms with Crippen LogP contribution in [-0.2, 0) is 4.79 Å². The van der Waals surface area contributed by atoms with E-state index in [0.29, 0.717) is 0 Å². The van der Waals surface area contributed by atoms with Crippen LogP contribution in [0.2, 0.25) is 0 Å². The largest absolute Gasteiger partial charge is 0.324 e. The van der Waals surface area contributed by atoms with Gasteiger partial charge in [-0.15, -0.1) is 0 Å². The van der Waals surface area contributed by atoms with Gasteiger partial charge >= 0.3 is 0 Å². The van der Waals surface area contributed by atoms with E-state index in [1.807, 2.05) is 26.0 Å². The predicted octanol–water partition coefficient (Wildman–Crippen LogP) is 3.46. The molecular formula is C13H16Br2N2O. The number of carbonyl (C=O) groups is 1. The molecule has 18 heavy (non-hydrogen) atoms. The van der Waals surface area contributed by atoms with Crippen LogP contribution in [0.25, 0.3) is 0 Å². The molecule has 0 radical (unpaired) electrons. The molecule has 2 N–H and O–H groups in total. The van der Waals surface area contributed by atoms with Gasteiger partial charge in [0.2, 0.25) is 5.91 Å². The van der Waals surface area contributed by atoms with Gasteiger partial charge < -0.3 is 10.6 Å². The van der Waals surface area contributed by atoms with Gasteiger partial charge in [-0.05, 0) is 76.4 Å². The minimum absolute atomic E-state index is 0.0674. The molecule has 0 aliphatic carbocycles. The van der Waals surface area contributed by atoms with E-state index in [1.54, 1.807) is 0 Å². The molecule has 1 saturated heterocycles. The van der Waals surface area contributed by atoms with Crippen molar-refractivity contribution in [3.63, 3.8) is 0 Å². The molecule has 1 unspecified atom stereocenters. The number of carbonyl (C=O) groups excluding carboxylic acids is 1. The zero-order chi connectivity index (χ0) is 13.3. The fourth-order valence-electron chi connectivity index (χ4n) is 2.09. The molecule has 1 aliphatic heterocycles. The molecule has 1 aromatic rings. The van der Waals surface area contributed by atoms with Gasteiger partial charge in [0.05, 0.1) is 11.1 Å². The molecule has 1 aliphatic rings. The van der Waals surface area contributed by atoms with Gasteiger partial charge in [-0.2, -0.15) is 0 Å². The summed E-state index contributed by atoms with van der Waals surface area (Å²) < 4.78 is 1.80. The quantitative estimate of drug-likeness (QED) is 0.831. The molecule has 0 saturated carbocycles. The molecule has 1 amide bonds. The van der Waals surface area contributed by atoms with Gasteiger partial charge in [0.25, 0.3) is 0 Å². The van der Waals surface area contributed by atoms with Crippen LogP contribution < -0.4 is 10.6 Å². The lowest BCUT2D eigenvalue weighted by molar-refractivity contribution is -0.123. The summed E-state index contributed by atoms with van der Waals surface area (Å²) in [6.07, 6.45) is 0.875. The van der Waals surface area contributed by atoms with E-state index >= 15 is 0 Å². The molecule has 3 nitrogen and oxygen atoms in total. The van der Waals surface area contributed by atoms with Gasteiger partial charge in [-0.1, -0.05) is 0 Å². The molecule has 5 heteroatoms. The standard InChI is InChI=1S/C13H16Br2N2O/c1-8-5-9(14)11(10(15)6-8)17-12(18)13(2)3-4-16-7-13/h5-6,16H,3-4,7H2,1-2H3,(H,17,18). The maximum absolute atomic E-state index is 12.3. The number of nitrogens with one attached hydrogen (secondary N) is 2. The van der Waals surface area contributed by atoms with Crippen LogP contribution in [0.15, 0.2) is 21.1 Å². The van der Waals surface area contributed by atoms with Gasteiger partial charge in [-0.25, -0.2) is 0 Å². The van der Waals surface area contributed by atoms with Crippen LogP contribution >= 0.6 is 31.9 Å². The Bertz CT molecular complexity index is 459. The minimum atomic E-state index is -0.316. The number of amides is 1. The van der Waals surface area contributed by atoms with Crippen molar-refractivity contribution >= 4 is 43.5 Å². The van der Waals surface area contributed by atoms with Gasteiger partial charge in [0, 0.05) is 15.5 Å². The van der Waals surface area contributed by atoms with Crippen molar-refractivity contribution in [2.45, 2.75) is 20.3 Å². The molecule has 2 rings (SSSR count). The molecule has 1 aromatic carbocycles. The van der Waals surface area contributed by atoms with Crippen molar-refractivity contribution in [2.75, 3.05) is 18.4 Å². The van der Waals surface area contributed by atoms with Crippen LogP contribution in [-0.4, -0.2) is 19.0 Å². The summed E-state index contributed by atoms with van der Waals surface area (Å²) in [6, 6.07) is 3.99. The highest BCUT2D eigenvalue weighted by Crippen LogP contribution is 2.34. The Kier molecular flexibility index (Phi) is 4.14. The highest BCUT2D eigenvalue weighted by Gasteiger charge is 2.36. The average Bonchev–Trinajstić information content (AvgIpc) is 2.71. The normalized spacial score (nSPS) is 23.1. The Morgan fingerprint density at radius 3 is 2.50 bits per heavy atom. The maximum Gasteiger partial charge on any atom is 0.231 e. The second kappa shape index (κ2) is 5.31. The molecule has 1 heterocycles. The average molecular weight is 376 g/mol. The minimum Gasteiger partial charge on any atom is -0.324 e. The van der Waals surface area contributed by atoms with E-state index in [0.717, 1.165) is 39.7 Å². The molecule has 0 aromatic heterocycles. The van der Waals surface area contributed by atoms with Crippen molar-refractivity contribution in [3.8, 4) is 0 Å². The smallest absolute Gasteiger partial charge is 0.231 e. The van der Waals surface area contributed by atoms with E-state index in [1.165, 1.54) is 0 Å². The van der Waals surface area contributed by atoms with Crippen molar-refractivity contribution in [1.29, 1.82) is 0 Å². The molecule has 98 valence electrons. The fourth-order valence-corrected chi connectivity index (χ4v) is 3.71. The Labute approximate surface area is 124 Å². The first-order chi connectivity index (χ1) is 8.42. The maximum atomic E-state index is 12.3. The summed E-state index contributed by atoms with van der Waals surface area (Å²) in [4.78, 5) is 12.3. The Morgan fingerprint density at radius 1 is 1.39 bits per heavy atom. The number of benzene rings is 1. The summed E-state index contributed by atoms with van der Waals surface area (Å²) >= 11 is 6.98. The summed E-state index contributed by atoms with van der Waals surface area (Å²) in [6.45, 7) is 5.65. The lowest BCUT2D eigenvalue weighted by Crippen LogP contribution is -2.35. The Morgan fingerprint density at radius 2 is 2.00 bits per heavy atom. The van der Waals surface area contributed by atoms with Gasteiger partial charge in [0.1, 0.15) is 0 Å². The lowest BCUT2D eigenvalue weighted by Gasteiger charge is -2.22. The highest BCUT2D eigenvalue weighted by atomic mass is 79.9. The van der Waals surface area contributed by atoms with Crippen LogP contribution in [0.4, 0.5) is 5.69 Å². The van der Waals surface area contributed by atoms with Crippen LogP contribution in [0.1, 0.15) is 18.9 Å². The molecule has 0 spiro atoms. The fraction of sp³-hybridized carbons (Fsp3) is 0.462. The van der Waals surface area contributed by atoms with Crippen LogP contribution in [0, 0.1) is 12.3 Å². The van der Waals surface area contributed by atoms with Gasteiger partial charge in [-0.3, -0.25) is 4.79 Å². The van der Waals surface area contributed by atoms with Crippen molar-refractivity contribution in [3.05, 3.63) is 26.6 Å². The number of anilines is 1. The number of hydrogen-bond donors (Lipinski definition) is 2. The molecule has 1 atom stereocenters. The topological polar surface area (TPSA) is 41.1 Å². The van der Waals surface area contributed by atoms with E-state index in [2.05, 4.69) is 42.5 Å². The summed E-state index contributed by atoms with van der Waals surface area (Å²) in [5, 5.41) is 6.25. The van der Waals surface area contributed by atoms with E-state index in [9.17, 15) is 4.79 Å². The first-order valence-corrected chi connectivity index (χ1v) is 7.49. The first kappa shape index (κ1) is 14.0. The van der Waals surface area contributed by atoms with Crippen LogP contribution in [0.5, 0.6) is 0 Å². The predicted molar refractivity (Wildman–Crippen MR) is 80.8 cm³/mol. The third-order valence-corrected chi connectivity index (χ3v) is 4.59. The highest BCUT2D eigenvalue weighted by molar-refractivity contribution is 9.11. The Hall–Kier alpha value is -0.390. The van der Waals surface area contributed by atoms with E-state index in [4.69, 9.17) is 0 Å². The lowest BCUT2D eigenvalue weighted by atomic mass is 9.89. The van der Waals surface area contributed by atoms with E-state index in [-0.39, 0.29) is 11.3 Å². The summed E-state index contributed by atoms with van der Waals surface area (Å²) in [5.74, 6) is 0.0674. The Balaban J connectivity index is 2.22. The second-order valence-electron chi connectivity index (χ2n) is 5.05. The zero-order valence-electron chi connectivity index (χ0n) is 10.4. The monoisotopic (exact) mass is 374 g/mol. The number of aryl methyl sites for hydroxylation is 1. The number of halogens is 2.